The van der Waals surface area contributed by atoms with Crippen LogP contribution < -0.4 is 5.32 Å². The highest BCUT2D eigenvalue weighted by atomic mass is 79.9. The van der Waals surface area contributed by atoms with Gasteiger partial charge >= 0.3 is 5.97 Å². The second-order valence-electron chi connectivity index (χ2n) is 4.38. The SMILES string of the molecule is CC1(Cc2ccc(Br)cc2)N[C@@H](C(=O)O)CS1. The molecule has 0 aromatic heterocycles. The van der Waals surface area contributed by atoms with Gasteiger partial charge in [-0.2, -0.15) is 0 Å². The average Bonchev–Trinajstić information content (AvgIpc) is 2.65. The average molecular weight is 316 g/mol. The van der Waals surface area contributed by atoms with E-state index >= 15 is 0 Å². The Morgan fingerprint density at radius 1 is 1.59 bits per heavy atom. The van der Waals surface area contributed by atoms with Crippen LogP contribution in [0.15, 0.2) is 28.7 Å². The number of hydrogen-bond donors (Lipinski definition) is 2. The fourth-order valence-electron chi connectivity index (χ4n) is 1.95. The molecule has 2 N–H and O–H groups in total. The first-order valence-corrected chi connectivity index (χ1v) is 7.15. The molecule has 1 aliphatic rings. The maximum absolute atomic E-state index is 10.9. The number of carboxylic acids is 1. The molecule has 0 bridgehead atoms. The van der Waals surface area contributed by atoms with Crippen LogP contribution in [0.3, 0.4) is 0 Å². The fraction of sp³-hybridized carbons (Fsp3) is 0.417. The van der Waals surface area contributed by atoms with Crippen molar-refractivity contribution in [3.8, 4) is 0 Å². The van der Waals surface area contributed by atoms with Crippen LogP contribution in [-0.2, 0) is 11.2 Å². The largest absolute Gasteiger partial charge is 0.480 e. The number of thioether (sulfide) groups is 1. The van der Waals surface area contributed by atoms with E-state index in [1.54, 1.807) is 11.8 Å². The van der Waals surface area contributed by atoms with Gasteiger partial charge in [-0.3, -0.25) is 10.1 Å². The Morgan fingerprint density at radius 2 is 2.24 bits per heavy atom. The molecule has 5 heteroatoms. The Hall–Kier alpha value is -0.520. The lowest BCUT2D eigenvalue weighted by Crippen LogP contribution is -2.44. The van der Waals surface area contributed by atoms with E-state index in [4.69, 9.17) is 5.11 Å². The second-order valence-corrected chi connectivity index (χ2v) is 6.82. The van der Waals surface area contributed by atoms with Crippen molar-refractivity contribution in [3.05, 3.63) is 34.3 Å². The molecule has 1 heterocycles. The van der Waals surface area contributed by atoms with Gasteiger partial charge in [0, 0.05) is 10.2 Å². The van der Waals surface area contributed by atoms with Gasteiger partial charge in [-0.1, -0.05) is 28.1 Å². The third-order valence-electron chi connectivity index (χ3n) is 2.80. The highest BCUT2D eigenvalue weighted by molar-refractivity contribution is 9.10. The molecule has 1 aromatic carbocycles. The van der Waals surface area contributed by atoms with E-state index in [0.717, 1.165) is 10.9 Å². The molecule has 1 aliphatic heterocycles. The lowest BCUT2D eigenvalue weighted by atomic mass is 10.1. The van der Waals surface area contributed by atoms with Crippen LogP contribution in [0.1, 0.15) is 12.5 Å². The zero-order valence-electron chi connectivity index (χ0n) is 9.44. The van der Waals surface area contributed by atoms with Gasteiger partial charge in [-0.25, -0.2) is 0 Å². The molecule has 0 aliphatic carbocycles. The van der Waals surface area contributed by atoms with E-state index in [0.29, 0.717) is 5.75 Å². The Morgan fingerprint density at radius 3 is 2.76 bits per heavy atom. The molecular weight excluding hydrogens is 302 g/mol. The standard InChI is InChI=1S/C12H14BrNO2S/c1-12(14-10(7-17-12)11(15)16)6-8-2-4-9(13)5-3-8/h2-5,10,14H,6-7H2,1H3,(H,15,16)/t10-,12?/m1/s1. The van der Waals surface area contributed by atoms with E-state index in [1.165, 1.54) is 5.56 Å². The molecule has 0 spiro atoms. The van der Waals surface area contributed by atoms with Gasteiger partial charge in [-0.15, -0.1) is 11.8 Å². The molecule has 0 radical (unpaired) electrons. The summed E-state index contributed by atoms with van der Waals surface area (Å²) in [5, 5.41) is 12.1. The van der Waals surface area contributed by atoms with Gasteiger partial charge in [0.15, 0.2) is 0 Å². The van der Waals surface area contributed by atoms with Crippen LogP contribution >= 0.6 is 27.7 Å². The van der Waals surface area contributed by atoms with Gasteiger partial charge in [0.1, 0.15) is 6.04 Å². The zero-order valence-corrected chi connectivity index (χ0v) is 11.8. The number of nitrogens with one attached hydrogen (secondary N) is 1. The topological polar surface area (TPSA) is 49.3 Å². The first-order chi connectivity index (χ1) is 7.98. The monoisotopic (exact) mass is 315 g/mol. The second kappa shape index (κ2) is 5.00. The van der Waals surface area contributed by atoms with Crippen molar-refractivity contribution < 1.29 is 9.90 Å². The van der Waals surface area contributed by atoms with Crippen LogP contribution in [0.2, 0.25) is 0 Å². The summed E-state index contributed by atoms with van der Waals surface area (Å²) in [6, 6.07) is 7.71. The van der Waals surface area contributed by atoms with Crippen LogP contribution in [-0.4, -0.2) is 27.7 Å². The maximum Gasteiger partial charge on any atom is 0.321 e. The Kier molecular flexibility index (Phi) is 3.80. The minimum Gasteiger partial charge on any atom is -0.480 e. The number of rotatable bonds is 3. The maximum atomic E-state index is 10.9. The number of halogens is 1. The van der Waals surface area contributed by atoms with E-state index in [9.17, 15) is 4.79 Å². The van der Waals surface area contributed by atoms with Gasteiger partial charge in [0.05, 0.1) is 4.87 Å². The van der Waals surface area contributed by atoms with Crippen LogP contribution in [0.4, 0.5) is 0 Å². The summed E-state index contributed by atoms with van der Waals surface area (Å²) in [6.07, 6.45) is 0.828. The molecule has 92 valence electrons. The van der Waals surface area contributed by atoms with Crippen LogP contribution in [0.25, 0.3) is 0 Å². The molecule has 2 atom stereocenters. The van der Waals surface area contributed by atoms with Gasteiger partial charge in [0.25, 0.3) is 0 Å². The molecule has 3 nitrogen and oxygen atoms in total. The molecule has 0 saturated carbocycles. The van der Waals surface area contributed by atoms with Gasteiger partial charge in [0.2, 0.25) is 0 Å². The van der Waals surface area contributed by atoms with Gasteiger partial charge in [-0.05, 0) is 31.0 Å². The smallest absolute Gasteiger partial charge is 0.321 e. The van der Waals surface area contributed by atoms with Crippen LogP contribution in [0, 0.1) is 0 Å². The summed E-state index contributed by atoms with van der Waals surface area (Å²) in [5.74, 6) is -0.139. The first-order valence-electron chi connectivity index (χ1n) is 5.37. The zero-order chi connectivity index (χ0) is 12.5. The van der Waals surface area contributed by atoms with Crippen molar-refractivity contribution in [2.24, 2.45) is 0 Å². The quantitative estimate of drug-likeness (QED) is 0.899. The fourth-order valence-corrected chi connectivity index (χ4v) is 3.47. The summed E-state index contributed by atoms with van der Waals surface area (Å²) in [4.78, 5) is 10.7. The molecule has 0 amide bonds. The Balaban J connectivity index is 2.04. The van der Waals surface area contributed by atoms with Gasteiger partial charge < -0.3 is 5.11 Å². The highest BCUT2D eigenvalue weighted by Gasteiger charge is 2.38. The molecule has 2 rings (SSSR count). The van der Waals surface area contributed by atoms with Crippen LogP contribution in [0.5, 0.6) is 0 Å². The van der Waals surface area contributed by atoms with E-state index in [1.807, 2.05) is 12.1 Å². The van der Waals surface area contributed by atoms with E-state index in [-0.39, 0.29) is 4.87 Å². The first kappa shape index (κ1) is 12.9. The molecule has 1 aromatic rings. The number of hydrogen-bond acceptors (Lipinski definition) is 3. The number of carbonyl (C=O) groups is 1. The Bertz CT molecular complexity index is 423. The minimum absolute atomic E-state index is 0.184. The number of carboxylic acid groups (broad SMARTS) is 1. The predicted molar refractivity (Wildman–Crippen MR) is 73.3 cm³/mol. The van der Waals surface area contributed by atoms with Crippen molar-refractivity contribution in [1.29, 1.82) is 0 Å². The van der Waals surface area contributed by atoms with Crippen molar-refractivity contribution in [2.75, 3.05) is 5.75 Å². The lowest BCUT2D eigenvalue weighted by Gasteiger charge is -2.24. The molecular formula is C12H14BrNO2S. The predicted octanol–water partition coefficient (Wildman–Crippen LogP) is 2.50. The summed E-state index contributed by atoms with van der Waals surface area (Å²) in [6.45, 7) is 2.06. The number of benzene rings is 1. The van der Waals surface area contributed by atoms with Crippen molar-refractivity contribution in [3.63, 3.8) is 0 Å². The summed E-state index contributed by atoms with van der Waals surface area (Å²) < 4.78 is 1.06. The normalized spacial score (nSPS) is 28.2. The summed E-state index contributed by atoms with van der Waals surface area (Å²) in [5.41, 5.74) is 1.21. The molecule has 1 saturated heterocycles. The van der Waals surface area contributed by atoms with E-state index in [2.05, 4.69) is 40.3 Å². The molecule has 17 heavy (non-hydrogen) atoms. The molecule has 1 fully saturated rings. The molecule has 1 unspecified atom stereocenters. The van der Waals surface area contributed by atoms with Crippen molar-refractivity contribution in [2.45, 2.75) is 24.3 Å². The minimum atomic E-state index is -0.767. The summed E-state index contributed by atoms with van der Waals surface area (Å²) >= 11 is 5.08. The third-order valence-corrected chi connectivity index (χ3v) is 4.73. The Labute approximate surface area is 113 Å². The van der Waals surface area contributed by atoms with Crippen molar-refractivity contribution >= 4 is 33.7 Å². The lowest BCUT2D eigenvalue weighted by molar-refractivity contribution is -0.138. The van der Waals surface area contributed by atoms with E-state index < -0.39 is 12.0 Å². The van der Waals surface area contributed by atoms with Crippen molar-refractivity contribution in [1.82, 2.24) is 5.32 Å². The summed E-state index contributed by atoms with van der Waals surface area (Å²) in [7, 11) is 0. The highest BCUT2D eigenvalue weighted by Crippen LogP contribution is 2.33. The third kappa shape index (κ3) is 3.24. The number of aliphatic carboxylic acids is 1.